The third-order valence-electron chi connectivity index (χ3n) is 6.16. The Morgan fingerprint density at radius 2 is 1.43 bits per heavy atom. The Labute approximate surface area is 173 Å². The van der Waals surface area contributed by atoms with Crippen LogP contribution in [0.3, 0.4) is 0 Å². The van der Waals surface area contributed by atoms with E-state index in [1.54, 1.807) is 0 Å². The molecule has 28 heavy (non-hydrogen) atoms. The Balaban J connectivity index is 4.81. The smallest absolute Gasteiger partial charge is 0.309 e. The molecule has 0 spiro atoms. The van der Waals surface area contributed by atoms with Gasteiger partial charge in [-0.15, -0.1) is 0 Å². The quantitative estimate of drug-likeness (QED) is 0.224. The van der Waals surface area contributed by atoms with E-state index in [1.165, 1.54) is 25.7 Å². The normalized spacial score (nSPS) is 14.8. The summed E-state index contributed by atoms with van der Waals surface area (Å²) in [5, 5.41) is 19.1. The first-order valence-corrected chi connectivity index (χ1v) is 11.7. The molecule has 0 aromatic heterocycles. The first-order chi connectivity index (χ1) is 13.3. The zero-order valence-corrected chi connectivity index (χ0v) is 19.0. The fourth-order valence-corrected chi connectivity index (χ4v) is 4.25. The maximum absolute atomic E-state index is 12.3. The van der Waals surface area contributed by atoms with Gasteiger partial charge in [0, 0.05) is 6.42 Å². The van der Waals surface area contributed by atoms with E-state index in [-0.39, 0.29) is 6.42 Å². The monoisotopic (exact) mass is 398 g/mol. The molecule has 0 bridgehead atoms. The van der Waals surface area contributed by atoms with Crippen molar-refractivity contribution in [3.63, 3.8) is 0 Å². The lowest BCUT2D eigenvalue weighted by molar-refractivity contribution is -0.152. The molecule has 2 N–H and O–H groups in total. The van der Waals surface area contributed by atoms with Gasteiger partial charge in [0.1, 0.15) is 0 Å². The summed E-state index contributed by atoms with van der Waals surface area (Å²) >= 11 is 0. The van der Waals surface area contributed by atoms with Gasteiger partial charge in [-0.1, -0.05) is 91.9 Å². The number of carboxylic acid groups (broad SMARTS) is 2. The van der Waals surface area contributed by atoms with Crippen molar-refractivity contribution in [2.75, 3.05) is 0 Å². The Morgan fingerprint density at radius 3 is 1.96 bits per heavy atom. The van der Waals surface area contributed by atoms with Gasteiger partial charge in [-0.05, 0) is 37.5 Å². The highest BCUT2D eigenvalue weighted by molar-refractivity contribution is 5.74. The molecule has 0 radical (unpaired) electrons. The molecule has 4 heteroatoms. The highest BCUT2D eigenvalue weighted by Crippen LogP contribution is 2.40. The van der Waals surface area contributed by atoms with E-state index in [1.807, 2.05) is 0 Å². The van der Waals surface area contributed by atoms with Crippen molar-refractivity contribution in [1.29, 1.82) is 0 Å². The minimum atomic E-state index is -0.831. The molecule has 0 aliphatic heterocycles. The summed E-state index contributed by atoms with van der Waals surface area (Å²) in [5.74, 6) is -0.370. The summed E-state index contributed by atoms with van der Waals surface area (Å²) in [5.41, 5.74) is -0.748. The highest BCUT2D eigenvalue weighted by Gasteiger charge is 2.39. The van der Waals surface area contributed by atoms with Crippen LogP contribution in [0.1, 0.15) is 124 Å². The summed E-state index contributed by atoms with van der Waals surface area (Å²) in [7, 11) is 0. The molecule has 0 rings (SSSR count). The number of carbonyl (C=O) groups is 2. The van der Waals surface area contributed by atoms with Gasteiger partial charge in [-0.3, -0.25) is 9.59 Å². The lowest BCUT2D eigenvalue weighted by atomic mass is 9.70. The molecule has 0 aliphatic rings. The topological polar surface area (TPSA) is 74.6 Å². The number of unbranched alkanes of at least 4 members (excludes halogenated alkanes) is 5. The number of hydrogen-bond acceptors (Lipinski definition) is 2. The van der Waals surface area contributed by atoms with Gasteiger partial charge < -0.3 is 10.2 Å². The van der Waals surface area contributed by atoms with E-state index >= 15 is 0 Å². The summed E-state index contributed by atoms with van der Waals surface area (Å²) in [6.07, 6.45) is 13.7. The SMILES string of the molecule is CCCCC(CC)CC(CCCCCCCC(C)C)(CCCC(=O)O)C(=O)O. The largest absolute Gasteiger partial charge is 0.481 e. The molecule has 0 saturated carbocycles. The van der Waals surface area contributed by atoms with Crippen LogP contribution in [0.25, 0.3) is 0 Å². The lowest BCUT2D eigenvalue weighted by Gasteiger charge is -2.33. The first kappa shape index (κ1) is 26.9. The van der Waals surface area contributed by atoms with Crippen molar-refractivity contribution in [3.05, 3.63) is 0 Å². The summed E-state index contributed by atoms with van der Waals surface area (Å²) < 4.78 is 0. The van der Waals surface area contributed by atoms with Gasteiger partial charge >= 0.3 is 11.9 Å². The van der Waals surface area contributed by atoms with Gasteiger partial charge in [-0.2, -0.15) is 0 Å². The first-order valence-electron chi connectivity index (χ1n) is 11.7. The molecular formula is C24H46O4. The van der Waals surface area contributed by atoms with Crippen molar-refractivity contribution in [1.82, 2.24) is 0 Å². The maximum atomic E-state index is 12.3. The van der Waals surface area contributed by atoms with Crippen LogP contribution in [-0.2, 0) is 9.59 Å². The predicted molar refractivity (Wildman–Crippen MR) is 117 cm³/mol. The van der Waals surface area contributed by atoms with Crippen LogP contribution in [0.2, 0.25) is 0 Å². The van der Waals surface area contributed by atoms with E-state index in [4.69, 9.17) is 5.11 Å². The lowest BCUT2D eigenvalue weighted by Crippen LogP contribution is -2.34. The molecule has 2 atom stereocenters. The van der Waals surface area contributed by atoms with Crippen molar-refractivity contribution >= 4 is 11.9 Å². The Hall–Kier alpha value is -1.06. The minimum absolute atomic E-state index is 0.0655. The molecule has 0 aromatic carbocycles. The van der Waals surface area contributed by atoms with Crippen LogP contribution in [0.4, 0.5) is 0 Å². The molecule has 0 saturated heterocycles. The van der Waals surface area contributed by atoms with E-state index in [0.29, 0.717) is 31.6 Å². The average molecular weight is 399 g/mol. The van der Waals surface area contributed by atoms with Crippen LogP contribution < -0.4 is 0 Å². The number of carboxylic acids is 2. The second kappa shape index (κ2) is 15.8. The molecule has 0 amide bonds. The van der Waals surface area contributed by atoms with Gasteiger partial charge in [0.15, 0.2) is 0 Å². The van der Waals surface area contributed by atoms with Gasteiger partial charge in [0.2, 0.25) is 0 Å². The van der Waals surface area contributed by atoms with Crippen LogP contribution in [-0.4, -0.2) is 22.2 Å². The second-order valence-corrected chi connectivity index (χ2v) is 9.15. The average Bonchev–Trinajstić information content (AvgIpc) is 2.62. The molecule has 4 nitrogen and oxygen atoms in total. The van der Waals surface area contributed by atoms with Crippen LogP contribution in [0.5, 0.6) is 0 Å². The number of hydrogen-bond donors (Lipinski definition) is 2. The Kier molecular flexibility index (Phi) is 15.2. The second-order valence-electron chi connectivity index (χ2n) is 9.15. The molecule has 0 aliphatic carbocycles. The maximum Gasteiger partial charge on any atom is 0.309 e. The molecular weight excluding hydrogens is 352 g/mol. The van der Waals surface area contributed by atoms with E-state index in [9.17, 15) is 14.7 Å². The Morgan fingerprint density at radius 1 is 0.821 bits per heavy atom. The fraction of sp³-hybridized carbons (Fsp3) is 0.917. The zero-order valence-electron chi connectivity index (χ0n) is 19.0. The van der Waals surface area contributed by atoms with E-state index in [2.05, 4.69) is 27.7 Å². The Bertz CT molecular complexity index is 419. The zero-order chi connectivity index (χ0) is 21.4. The number of aliphatic carboxylic acids is 2. The van der Waals surface area contributed by atoms with E-state index < -0.39 is 17.4 Å². The van der Waals surface area contributed by atoms with Crippen LogP contribution in [0, 0.1) is 17.3 Å². The molecule has 0 aromatic rings. The van der Waals surface area contributed by atoms with Crippen molar-refractivity contribution in [2.45, 2.75) is 124 Å². The summed E-state index contributed by atoms with van der Waals surface area (Å²) in [6, 6.07) is 0. The standard InChI is InChI=1S/C24H46O4/c1-5-7-15-21(6-2)19-24(23(27)28,18-13-16-22(25)26)17-12-10-8-9-11-14-20(3)4/h20-21H,5-19H2,1-4H3,(H,25,26)(H,27,28). The molecule has 2 unspecified atom stereocenters. The fourth-order valence-electron chi connectivity index (χ4n) is 4.25. The molecule has 0 heterocycles. The van der Waals surface area contributed by atoms with Crippen molar-refractivity contribution < 1.29 is 19.8 Å². The van der Waals surface area contributed by atoms with Crippen molar-refractivity contribution in [2.24, 2.45) is 17.3 Å². The predicted octanol–water partition coefficient (Wildman–Crippen LogP) is 7.31. The minimum Gasteiger partial charge on any atom is -0.481 e. The van der Waals surface area contributed by atoms with Crippen molar-refractivity contribution in [3.8, 4) is 0 Å². The third kappa shape index (κ3) is 12.4. The molecule has 0 fully saturated rings. The van der Waals surface area contributed by atoms with Crippen LogP contribution in [0.15, 0.2) is 0 Å². The summed E-state index contributed by atoms with van der Waals surface area (Å²) in [4.78, 5) is 23.3. The van der Waals surface area contributed by atoms with E-state index in [0.717, 1.165) is 44.4 Å². The third-order valence-corrected chi connectivity index (χ3v) is 6.16. The summed E-state index contributed by atoms with van der Waals surface area (Å²) in [6.45, 7) is 8.82. The van der Waals surface area contributed by atoms with Crippen LogP contribution >= 0.6 is 0 Å². The van der Waals surface area contributed by atoms with Gasteiger partial charge in [-0.25, -0.2) is 0 Å². The highest BCUT2D eigenvalue weighted by atomic mass is 16.4. The number of rotatable bonds is 19. The van der Waals surface area contributed by atoms with Gasteiger partial charge in [0.25, 0.3) is 0 Å². The van der Waals surface area contributed by atoms with Gasteiger partial charge in [0.05, 0.1) is 5.41 Å². The molecule has 166 valence electrons.